The first-order valence-electron chi connectivity index (χ1n) is 8.61. The van der Waals surface area contributed by atoms with Crippen LogP contribution in [0.4, 0.5) is 10.1 Å². The van der Waals surface area contributed by atoms with Crippen LogP contribution in [0.25, 0.3) is 0 Å². The number of benzene rings is 2. The summed E-state index contributed by atoms with van der Waals surface area (Å²) in [5.41, 5.74) is 0.0756. The van der Waals surface area contributed by atoms with Crippen LogP contribution in [0.5, 0.6) is 0 Å². The fraction of sp³-hybridized carbons (Fsp3) is 0.263. The second-order valence-electron chi connectivity index (χ2n) is 5.72. The Labute approximate surface area is 163 Å². The zero-order valence-electron chi connectivity index (χ0n) is 15.5. The van der Waals surface area contributed by atoms with Crippen LogP contribution in [0.15, 0.2) is 53.4 Å². The minimum Gasteiger partial charge on any atom is -0.452 e. The number of carbonyl (C=O) groups is 2. The van der Waals surface area contributed by atoms with E-state index in [-0.39, 0.29) is 10.5 Å². The second-order valence-corrected chi connectivity index (χ2v) is 7.66. The lowest BCUT2D eigenvalue weighted by molar-refractivity contribution is -0.119. The summed E-state index contributed by atoms with van der Waals surface area (Å²) in [6, 6.07) is 10.9. The summed E-state index contributed by atoms with van der Waals surface area (Å²) in [5.74, 6) is -2.32. The Bertz CT molecular complexity index is 941. The zero-order chi connectivity index (χ0) is 20.7. The van der Waals surface area contributed by atoms with Gasteiger partial charge < -0.3 is 10.1 Å². The van der Waals surface area contributed by atoms with E-state index in [0.29, 0.717) is 18.8 Å². The van der Waals surface area contributed by atoms with Crippen LogP contribution in [0.3, 0.4) is 0 Å². The van der Waals surface area contributed by atoms with Gasteiger partial charge in [-0.15, -0.1) is 0 Å². The van der Waals surface area contributed by atoms with Gasteiger partial charge in [0.25, 0.3) is 5.91 Å². The molecule has 0 radical (unpaired) electrons. The molecule has 1 amide bonds. The lowest BCUT2D eigenvalue weighted by Gasteiger charge is -2.18. The van der Waals surface area contributed by atoms with Crippen molar-refractivity contribution < 1.29 is 27.1 Å². The molecule has 0 heterocycles. The SMILES string of the molecule is CCN(CC)S(=O)(=O)c1ccc(NC(=O)COC(=O)c2ccccc2F)cc1. The third-order valence-electron chi connectivity index (χ3n) is 3.91. The number of hydrogen-bond acceptors (Lipinski definition) is 5. The standard InChI is InChI=1S/C19H21FN2O5S/c1-3-22(4-2)28(25,26)15-11-9-14(10-12-15)21-18(23)13-27-19(24)16-7-5-6-8-17(16)20/h5-12H,3-4,13H2,1-2H3,(H,21,23). The van der Waals surface area contributed by atoms with Crippen LogP contribution in [0, 0.1) is 5.82 Å². The summed E-state index contributed by atoms with van der Waals surface area (Å²) >= 11 is 0. The van der Waals surface area contributed by atoms with Gasteiger partial charge >= 0.3 is 5.97 Å². The molecule has 9 heteroatoms. The van der Waals surface area contributed by atoms with E-state index in [9.17, 15) is 22.4 Å². The van der Waals surface area contributed by atoms with Gasteiger partial charge in [-0.1, -0.05) is 26.0 Å². The van der Waals surface area contributed by atoms with E-state index in [1.807, 2.05) is 0 Å². The van der Waals surface area contributed by atoms with Gasteiger partial charge in [-0.25, -0.2) is 17.6 Å². The van der Waals surface area contributed by atoms with E-state index in [1.54, 1.807) is 13.8 Å². The number of halogens is 1. The van der Waals surface area contributed by atoms with Crippen LogP contribution in [-0.4, -0.2) is 44.3 Å². The molecule has 0 fully saturated rings. The summed E-state index contributed by atoms with van der Waals surface area (Å²) in [4.78, 5) is 23.8. The molecule has 0 aliphatic carbocycles. The first-order chi connectivity index (χ1) is 13.3. The lowest BCUT2D eigenvalue weighted by Crippen LogP contribution is -2.30. The maximum atomic E-state index is 13.5. The molecule has 28 heavy (non-hydrogen) atoms. The van der Waals surface area contributed by atoms with Crippen LogP contribution in [0.1, 0.15) is 24.2 Å². The number of rotatable bonds is 8. The van der Waals surface area contributed by atoms with Gasteiger partial charge in [-0.3, -0.25) is 4.79 Å². The predicted octanol–water partition coefficient (Wildman–Crippen LogP) is 2.65. The number of nitrogens with one attached hydrogen (secondary N) is 1. The number of sulfonamides is 1. The summed E-state index contributed by atoms with van der Waals surface area (Å²) < 4.78 is 44.4. The third kappa shape index (κ3) is 5.14. The molecule has 2 rings (SSSR count). The monoisotopic (exact) mass is 408 g/mol. The van der Waals surface area contributed by atoms with Crippen molar-refractivity contribution in [2.75, 3.05) is 25.0 Å². The third-order valence-corrected chi connectivity index (χ3v) is 5.97. The van der Waals surface area contributed by atoms with Crippen LogP contribution in [0.2, 0.25) is 0 Å². The fourth-order valence-corrected chi connectivity index (χ4v) is 3.91. The Hall–Kier alpha value is -2.78. The number of amides is 1. The first-order valence-corrected chi connectivity index (χ1v) is 10.0. The molecule has 0 aliphatic rings. The number of nitrogens with zero attached hydrogens (tertiary/aromatic N) is 1. The van der Waals surface area contributed by atoms with Crippen molar-refractivity contribution in [2.45, 2.75) is 18.7 Å². The molecule has 0 saturated heterocycles. The van der Waals surface area contributed by atoms with Crippen LogP contribution < -0.4 is 5.32 Å². The molecule has 1 N–H and O–H groups in total. The molecule has 0 bridgehead atoms. The van der Waals surface area contributed by atoms with E-state index >= 15 is 0 Å². The van der Waals surface area contributed by atoms with Gasteiger partial charge in [-0.2, -0.15) is 4.31 Å². The Morgan fingerprint density at radius 2 is 1.64 bits per heavy atom. The minimum absolute atomic E-state index is 0.111. The van der Waals surface area contributed by atoms with Crippen LogP contribution >= 0.6 is 0 Å². The predicted molar refractivity (Wildman–Crippen MR) is 102 cm³/mol. The molecule has 0 aliphatic heterocycles. The Kier molecular flexibility index (Phi) is 7.24. The van der Waals surface area contributed by atoms with Crippen molar-refractivity contribution in [1.82, 2.24) is 4.31 Å². The van der Waals surface area contributed by atoms with E-state index < -0.39 is 34.3 Å². The first kappa shape index (κ1) is 21.5. The molecule has 0 unspecified atom stereocenters. The van der Waals surface area contributed by atoms with Crippen molar-refractivity contribution >= 4 is 27.6 Å². The Balaban J connectivity index is 1.96. The van der Waals surface area contributed by atoms with E-state index in [1.165, 1.54) is 46.8 Å². The van der Waals surface area contributed by atoms with E-state index in [2.05, 4.69) is 5.32 Å². The molecule has 0 saturated carbocycles. The molecule has 7 nitrogen and oxygen atoms in total. The minimum atomic E-state index is -3.59. The molecular formula is C19H21FN2O5S. The molecule has 2 aromatic rings. The van der Waals surface area contributed by atoms with Crippen molar-refractivity contribution in [2.24, 2.45) is 0 Å². The van der Waals surface area contributed by atoms with Crippen LogP contribution in [-0.2, 0) is 19.6 Å². The molecule has 0 aromatic heterocycles. The van der Waals surface area contributed by atoms with Gasteiger partial charge in [0.15, 0.2) is 6.61 Å². The molecule has 0 spiro atoms. The largest absolute Gasteiger partial charge is 0.452 e. The number of anilines is 1. The maximum absolute atomic E-state index is 13.5. The van der Waals surface area contributed by atoms with Gasteiger partial charge in [0.2, 0.25) is 10.0 Å². The number of esters is 1. The van der Waals surface area contributed by atoms with Crippen molar-refractivity contribution in [1.29, 1.82) is 0 Å². The number of ether oxygens (including phenoxy) is 1. The van der Waals surface area contributed by atoms with E-state index in [0.717, 1.165) is 6.07 Å². The highest BCUT2D eigenvalue weighted by atomic mass is 32.2. The summed E-state index contributed by atoms with van der Waals surface area (Å²) in [6.45, 7) is 3.60. The number of carbonyl (C=O) groups excluding carboxylic acids is 2. The normalized spacial score (nSPS) is 11.3. The Morgan fingerprint density at radius 3 is 2.21 bits per heavy atom. The van der Waals surface area contributed by atoms with Gasteiger partial charge in [-0.05, 0) is 36.4 Å². The topological polar surface area (TPSA) is 92.8 Å². The van der Waals surface area contributed by atoms with Gasteiger partial charge in [0.05, 0.1) is 10.5 Å². The quantitative estimate of drug-likeness (QED) is 0.678. The smallest absolute Gasteiger partial charge is 0.341 e. The lowest BCUT2D eigenvalue weighted by atomic mass is 10.2. The maximum Gasteiger partial charge on any atom is 0.341 e. The molecule has 2 aromatic carbocycles. The molecule has 150 valence electrons. The van der Waals surface area contributed by atoms with Gasteiger partial charge in [0.1, 0.15) is 5.82 Å². The van der Waals surface area contributed by atoms with Crippen molar-refractivity contribution in [3.63, 3.8) is 0 Å². The van der Waals surface area contributed by atoms with Crippen molar-refractivity contribution in [3.8, 4) is 0 Å². The summed E-state index contributed by atoms with van der Waals surface area (Å²) in [6.07, 6.45) is 0. The zero-order valence-corrected chi connectivity index (χ0v) is 16.3. The summed E-state index contributed by atoms with van der Waals surface area (Å²) in [5, 5.41) is 2.48. The Morgan fingerprint density at radius 1 is 1.04 bits per heavy atom. The second kappa shape index (κ2) is 9.43. The fourth-order valence-electron chi connectivity index (χ4n) is 2.46. The summed E-state index contributed by atoms with van der Waals surface area (Å²) in [7, 11) is -3.59. The van der Waals surface area contributed by atoms with E-state index in [4.69, 9.17) is 4.74 Å². The average Bonchev–Trinajstić information content (AvgIpc) is 2.67. The molecule has 0 atom stereocenters. The van der Waals surface area contributed by atoms with Crippen molar-refractivity contribution in [3.05, 3.63) is 59.9 Å². The number of hydrogen-bond donors (Lipinski definition) is 1. The average molecular weight is 408 g/mol. The molecular weight excluding hydrogens is 387 g/mol. The van der Waals surface area contributed by atoms with Gasteiger partial charge in [0, 0.05) is 18.8 Å². The highest BCUT2D eigenvalue weighted by molar-refractivity contribution is 7.89. The highest BCUT2D eigenvalue weighted by Crippen LogP contribution is 2.18. The highest BCUT2D eigenvalue weighted by Gasteiger charge is 2.21.